The number of anilines is 3. The molecule has 2 aromatic rings. The molecule has 0 amide bonds. The van der Waals surface area contributed by atoms with Crippen LogP contribution in [-0.2, 0) is 0 Å². The van der Waals surface area contributed by atoms with Crippen LogP contribution in [0.25, 0.3) is 0 Å². The SMILES string of the molecule is Clc1ccc(Nc2cc(NC3CCCC3)ncn2)c(Cl)c1. The average Bonchev–Trinajstić information content (AvgIpc) is 2.95. The van der Waals surface area contributed by atoms with E-state index in [9.17, 15) is 0 Å². The van der Waals surface area contributed by atoms with Crippen LogP contribution >= 0.6 is 23.2 Å². The van der Waals surface area contributed by atoms with Crippen LogP contribution in [0, 0.1) is 0 Å². The monoisotopic (exact) mass is 322 g/mol. The molecule has 1 aromatic carbocycles. The molecule has 1 heterocycles. The van der Waals surface area contributed by atoms with Gasteiger partial charge in [-0.2, -0.15) is 0 Å². The summed E-state index contributed by atoms with van der Waals surface area (Å²) in [7, 11) is 0. The molecule has 0 bridgehead atoms. The van der Waals surface area contributed by atoms with E-state index in [-0.39, 0.29) is 0 Å². The Hall–Kier alpha value is -1.52. The summed E-state index contributed by atoms with van der Waals surface area (Å²) in [5, 5.41) is 7.80. The molecule has 3 rings (SSSR count). The number of aromatic nitrogens is 2. The molecule has 1 aromatic heterocycles. The quantitative estimate of drug-likeness (QED) is 0.842. The Kier molecular flexibility index (Phi) is 4.46. The molecule has 1 aliphatic carbocycles. The van der Waals surface area contributed by atoms with Gasteiger partial charge in [0.25, 0.3) is 0 Å². The summed E-state index contributed by atoms with van der Waals surface area (Å²) in [6, 6.07) is 7.73. The zero-order chi connectivity index (χ0) is 14.7. The largest absolute Gasteiger partial charge is 0.367 e. The number of hydrogen-bond donors (Lipinski definition) is 2. The topological polar surface area (TPSA) is 49.8 Å². The van der Waals surface area contributed by atoms with E-state index in [0.29, 0.717) is 21.9 Å². The molecule has 1 fully saturated rings. The van der Waals surface area contributed by atoms with Crippen molar-refractivity contribution >= 4 is 40.5 Å². The van der Waals surface area contributed by atoms with Crippen molar-refractivity contribution in [1.29, 1.82) is 0 Å². The van der Waals surface area contributed by atoms with Crippen LogP contribution in [0.1, 0.15) is 25.7 Å². The number of hydrogen-bond acceptors (Lipinski definition) is 4. The Morgan fingerprint density at radius 1 is 1.00 bits per heavy atom. The third-order valence-electron chi connectivity index (χ3n) is 3.57. The molecule has 0 aliphatic heterocycles. The van der Waals surface area contributed by atoms with Gasteiger partial charge in [0.05, 0.1) is 10.7 Å². The Morgan fingerprint density at radius 3 is 2.52 bits per heavy atom. The number of rotatable bonds is 4. The first kappa shape index (κ1) is 14.4. The fourth-order valence-electron chi connectivity index (χ4n) is 2.51. The second-order valence-corrected chi connectivity index (χ2v) is 6.01. The van der Waals surface area contributed by atoms with E-state index in [2.05, 4.69) is 20.6 Å². The second kappa shape index (κ2) is 6.50. The summed E-state index contributed by atoms with van der Waals surface area (Å²) in [6.07, 6.45) is 6.53. The van der Waals surface area contributed by atoms with Crippen molar-refractivity contribution in [2.75, 3.05) is 10.6 Å². The van der Waals surface area contributed by atoms with E-state index in [0.717, 1.165) is 11.5 Å². The van der Waals surface area contributed by atoms with Gasteiger partial charge in [-0.05, 0) is 31.0 Å². The van der Waals surface area contributed by atoms with Crippen LogP contribution in [0.4, 0.5) is 17.3 Å². The molecule has 2 N–H and O–H groups in total. The summed E-state index contributed by atoms with van der Waals surface area (Å²) in [5.41, 5.74) is 0.770. The van der Waals surface area contributed by atoms with Gasteiger partial charge >= 0.3 is 0 Å². The van der Waals surface area contributed by atoms with Crippen molar-refractivity contribution in [3.05, 3.63) is 40.6 Å². The number of benzene rings is 1. The van der Waals surface area contributed by atoms with Crippen LogP contribution in [0.15, 0.2) is 30.6 Å². The zero-order valence-electron chi connectivity index (χ0n) is 11.4. The maximum atomic E-state index is 6.15. The zero-order valence-corrected chi connectivity index (χ0v) is 13.0. The van der Waals surface area contributed by atoms with Gasteiger partial charge in [0.1, 0.15) is 18.0 Å². The fourth-order valence-corrected chi connectivity index (χ4v) is 2.97. The number of nitrogens with zero attached hydrogens (tertiary/aromatic N) is 2. The first-order chi connectivity index (χ1) is 10.2. The lowest BCUT2D eigenvalue weighted by atomic mass is 10.2. The van der Waals surface area contributed by atoms with Crippen molar-refractivity contribution in [3.8, 4) is 0 Å². The van der Waals surface area contributed by atoms with Crippen molar-refractivity contribution in [2.24, 2.45) is 0 Å². The highest BCUT2D eigenvalue weighted by Crippen LogP contribution is 2.28. The van der Waals surface area contributed by atoms with Crippen LogP contribution in [0.2, 0.25) is 10.0 Å². The Labute approximate surface area is 133 Å². The van der Waals surface area contributed by atoms with Crippen molar-refractivity contribution < 1.29 is 0 Å². The second-order valence-electron chi connectivity index (χ2n) is 5.16. The van der Waals surface area contributed by atoms with Gasteiger partial charge in [-0.25, -0.2) is 9.97 Å². The standard InChI is InChI=1S/C15H16Cl2N4/c16-10-5-6-13(12(17)7-10)21-15-8-14(18-9-19-15)20-11-3-1-2-4-11/h5-9,11H,1-4H2,(H2,18,19,20,21). The summed E-state index contributed by atoms with van der Waals surface area (Å²) < 4.78 is 0. The summed E-state index contributed by atoms with van der Waals surface area (Å²) in [6.45, 7) is 0. The van der Waals surface area contributed by atoms with Crippen LogP contribution in [0.3, 0.4) is 0 Å². The van der Waals surface area contributed by atoms with Gasteiger partial charge in [-0.1, -0.05) is 36.0 Å². The molecule has 0 saturated heterocycles. The number of halogens is 2. The predicted molar refractivity (Wildman–Crippen MR) is 87.7 cm³/mol. The van der Waals surface area contributed by atoms with E-state index in [4.69, 9.17) is 23.2 Å². The first-order valence-electron chi connectivity index (χ1n) is 7.01. The fraction of sp³-hybridized carbons (Fsp3) is 0.333. The molecule has 21 heavy (non-hydrogen) atoms. The van der Waals surface area contributed by atoms with Crippen molar-refractivity contribution in [3.63, 3.8) is 0 Å². The molecule has 1 saturated carbocycles. The van der Waals surface area contributed by atoms with Gasteiger partial charge < -0.3 is 10.6 Å². The average molecular weight is 323 g/mol. The van der Waals surface area contributed by atoms with Crippen molar-refractivity contribution in [1.82, 2.24) is 9.97 Å². The van der Waals surface area contributed by atoms with E-state index < -0.39 is 0 Å². The highest BCUT2D eigenvalue weighted by molar-refractivity contribution is 6.36. The minimum atomic E-state index is 0.520. The van der Waals surface area contributed by atoms with Crippen LogP contribution in [0.5, 0.6) is 0 Å². The lowest BCUT2D eigenvalue weighted by molar-refractivity contribution is 0.750. The van der Waals surface area contributed by atoms with Crippen molar-refractivity contribution in [2.45, 2.75) is 31.7 Å². The molecule has 0 atom stereocenters. The third-order valence-corrected chi connectivity index (χ3v) is 4.12. The highest BCUT2D eigenvalue weighted by atomic mass is 35.5. The van der Waals surface area contributed by atoms with Gasteiger partial charge in [0.15, 0.2) is 0 Å². The molecule has 4 nitrogen and oxygen atoms in total. The van der Waals surface area contributed by atoms with E-state index in [1.165, 1.54) is 25.7 Å². The molecule has 6 heteroatoms. The normalized spacial score (nSPS) is 15.1. The molecule has 0 spiro atoms. The molecule has 110 valence electrons. The molecular weight excluding hydrogens is 307 g/mol. The molecule has 0 unspecified atom stereocenters. The summed E-state index contributed by atoms with van der Waals surface area (Å²) in [5.74, 6) is 1.54. The lowest BCUT2D eigenvalue weighted by Gasteiger charge is -2.13. The Morgan fingerprint density at radius 2 is 1.76 bits per heavy atom. The van der Waals surface area contributed by atoms with Crippen LogP contribution in [-0.4, -0.2) is 16.0 Å². The minimum Gasteiger partial charge on any atom is -0.367 e. The maximum Gasteiger partial charge on any atom is 0.135 e. The highest BCUT2D eigenvalue weighted by Gasteiger charge is 2.15. The van der Waals surface area contributed by atoms with E-state index in [1.54, 1.807) is 18.5 Å². The predicted octanol–water partition coefficient (Wildman–Crippen LogP) is 4.88. The van der Waals surface area contributed by atoms with E-state index >= 15 is 0 Å². The summed E-state index contributed by atoms with van der Waals surface area (Å²) in [4.78, 5) is 8.48. The maximum absolute atomic E-state index is 6.15. The molecular formula is C15H16Cl2N4. The van der Waals surface area contributed by atoms with Gasteiger partial charge in [0, 0.05) is 17.1 Å². The molecule has 0 radical (unpaired) electrons. The lowest BCUT2D eigenvalue weighted by Crippen LogP contribution is -2.15. The Bertz CT molecular complexity index is 627. The van der Waals surface area contributed by atoms with E-state index in [1.807, 2.05) is 12.1 Å². The Balaban J connectivity index is 1.73. The number of nitrogens with one attached hydrogen (secondary N) is 2. The molecule has 1 aliphatic rings. The van der Waals surface area contributed by atoms with Gasteiger partial charge in [0.2, 0.25) is 0 Å². The summed E-state index contributed by atoms with van der Waals surface area (Å²) >= 11 is 12.0. The van der Waals surface area contributed by atoms with Crippen LogP contribution < -0.4 is 10.6 Å². The first-order valence-corrected chi connectivity index (χ1v) is 7.77. The third kappa shape index (κ3) is 3.77. The smallest absolute Gasteiger partial charge is 0.135 e. The van der Waals surface area contributed by atoms with Gasteiger partial charge in [-0.15, -0.1) is 0 Å². The minimum absolute atomic E-state index is 0.520. The van der Waals surface area contributed by atoms with Gasteiger partial charge in [-0.3, -0.25) is 0 Å².